The summed E-state index contributed by atoms with van der Waals surface area (Å²) in [5.41, 5.74) is 1.63. The Morgan fingerprint density at radius 3 is 2.65 bits per heavy atom. The highest BCUT2D eigenvalue weighted by Crippen LogP contribution is 2.16. The third-order valence-corrected chi connectivity index (χ3v) is 3.11. The summed E-state index contributed by atoms with van der Waals surface area (Å²) in [5.74, 6) is 0.620. The number of carbonyl (C=O) groups is 2. The van der Waals surface area contributed by atoms with Crippen molar-refractivity contribution in [2.45, 2.75) is 20.8 Å². The van der Waals surface area contributed by atoms with Crippen LogP contribution in [0.5, 0.6) is 0 Å². The molecule has 1 aromatic carbocycles. The number of anilines is 2. The largest absolute Gasteiger partial charge is 0.350 e. The van der Waals surface area contributed by atoms with Gasteiger partial charge < -0.3 is 10.6 Å². The van der Waals surface area contributed by atoms with Crippen molar-refractivity contribution in [2.75, 3.05) is 11.9 Å². The molecule has 1 aromatic heterocycles. The molecule has 1 heterocycles. The van der Waals surface area contributed by atoms with E-state index in [1.165, 1.54) is 13.3 Å². The number of benzene rings is 1. The minimum absolute atomic E-state index is 0.00918. The second-order valence-electron chi connectivity index (χ2n) is 5.65. The van der Waals surface area contributed by atoms with E-state index in [1.54, 1.807) is 24.3 Å². The third-order valence-electron chi connectivity index (χ3n) is 3.11. The quantitative estimate of drug-likeness (QED) is 0.801. The fraction of sp³-hybridized carbons (Fsp3) is 0.294. The Balaban J connectivity index is 2.12. The molecule has 1 amide bonds. The van der Waals surface area contributed by atoms with Crippen LogP contribution in [0.4, 0.5) is 11.5 Å². The zero-order valence-corrected chi connectivity index (χ0v) is 13.5. The second-order valence-corrected chi connectivity index (χ2v) is 5.65. The van der Waals surface area contributed by atoms with Crippen LogP contribution in [0.15, 0.2) is 36.7 Å². The Hall–Kier alpha value is -2.76. The molecule has 0 saturated carbocycles. The van der Waals surface area contributed by atoms with E-state index < -0.39 is 0 Å². The highest BCUT2D eigenvalue weighted by Gasteiger charge is 2.09. The molecule has 0 atom stereocenters. The van der Waals surface area contributed by atoms with Crippen LogP contribution in [0.1, 0.15) is 41.6 Å². The SMILES string of the molecule is CC(=O)c1cccc(Nc2cc(C(=O)NCC(C)C)ncn2)c1. The highest BCUT2D eigenvalue weighted by molar-refractivity contribution is 5.95. The number of ketones is 1. The average molecular weight is 312 g/mol. The van der Waals surface area contributed by atoms with Crippen molar-refractivity contribution in [3.05, 3.63) is 47.9 Å². The Bertz CT molecular complexity index is 713. The molecule has 0 bridgehead atoms. The van der Waals surface area contributed by atoms with Crippen LogP contribution in [0.25, 0.3) is 0 Å². The zero-order chi connectivity index (χ0) is 16.8. The smallest absolute Gasteiger partial charge is 0.270 e. The Morgan fingerprint density at radius 1 is 1.17 bits per heavy atom. The molecule has 0 unspecified atom stereocenters. The summed E-state index contributed by atoms with van der Waals surface area (Å²) in [7, 11) is 0. The molecule has 0 aliphatic heterocycles. The lowest BCUT2D eigenvalue weighted by atomic mass is 10.1. The predicted molar refractivity (Wildman–Crippen MR) is 88.9 cm³/mol. The Kier molecular flexibility index (Phi) is 5.41. The molecule has 0 aliphatic carbocycles. The number of rotatable bonds is 6. The second kappa shape index (κ2) is 7.49. The van der Waals surface area contributed by atoms with Crippen LogP contribution in [0.3, 0.4) is 0 Å². The normalized spacial score (nSPS) is 10.4. The van der Waals surface area contributed by atoms with E-state index in [4.69, 9.17) is 0 Å². The maximum atomic E-state index is 12.0. The summed E-state index contributed by atoms with van der Waals surface area (Å²) >= 11 is 0. The minimum atomic E-state index is -0.235. The Morgan fingerprint density at radius 2 is 1.96 bits per heavy atom. The van der Waals surface area contributed by atoms with Gasteiger partial charge in [-0.1, -0.05) is 26.0 Å². The lowest BCUT2D eigenvalue weighted by Crippen LogP contribution is -2.28. The molecular weight excluding hydrogens is 292 g/mol. The molecule has 0 fully saturated rings. The number of aromatic nitrogens is 2. The van der Waals surface area contributed by atoms with E-state index in [2.05, 4.69) is 20.6 Å². The molecule has 23 heavy (non-hydrogen) atoms. The average Bonchev–Trinajstić information content (AvgIpc) is 2.53. The van der Waals surface area contributed by atoms with Crippen molar-refractivity contribution in [1.82, 2.24) is 15.3 Å². The summed E-state index contributed by atoms with van der Waals surface area (Å²) in [6.45, 7) is 6.15. The first-order chi connectivity index (χ1) is 11.0. The van der Waals surface area contributed by atoms with Gasteiger partial charge in [-0.2, -0.15) is 0 Å². The van der Waals surface area contributed by atoms with Gasteiger partial charge in [-0.3, -0.25) is 9.59 Å². The van der Waals surface area contributed by atoms with Gasteiger partial charge in [-0.15, -0.1) is 0 Å². The van der Waals surface area contributed by atoms with Crippen molar-refractivity contribution >= 4 is 23.2 Å². The third kappa shape index (κ3) is 4.88. The van der Waals surface area contributed by atoms with E-state index in [-0.39, 0.29) is 11.7 Å². The summed E-state index contributed by atoms with van der Waals surface area (Å²) in [6.07, 6.45) is 1.33. The van der Waals surface area contributed by atoms with Gasteiger partial charge >= 0.3 is 0 Å². The van der Waals surface area contributed by atoms with Crippen molar-refractivity contribution in [3.63, 3.8) is 0 Å². The van der Waals surface area contributed by atoms with E-state index in [0.717, 1.165) is 5.69 Å². The number of carbonyl (C=O) groups excluding carboxylic acids is 2. The van der Waals surface area contributed by atoms with Gasteiger partial charge in [0.15, 0.2) is 5.78 Å². The van der Waals surface area contributed by atoms with Gasteiger partial charge in [0.05, 0.1) is 0 Å². The molecule has 0 radical (unpaired) electrons. The number of amides is 1. The monoisotopic (exact) mass is 312 g/mol. The van der Waals surface area contributed by atoms with Crippen LogP contribution < -0.4 is 10.6 Å². The number of nitrogens with zero attached hydrogens (tertiary/aromatic N) is 2. The van der Waals surface area contributed by atoms with Crippen LogP contribution >= 0.6 is 0 Å². The van der Waals surface area contributed by atoms with Crippen LogP contribution in [-0.2, 0) is 0 Å². The first kappa shape index (κ1) is 16.6. The molecule has 2 aromatic rings. The lowest BCUT2D eigenvalue weighted by molar-refractivity contribution is 0.0943. The predicted octanol–water partition coefficient (Wildman–Crippen LogP) is 2.81. The molecule has 0 aliphatic rings. The summed E-state index contributed by atoms with van der Waals surface area (Å²) in [4.78, 5) is 31.5. The van der Waals surface area contributed by atoms with Gasteiger partial charge in [0.2, 0.25) is 0 Å². The van der Waals surface area contributed by atoms with Gasteiger partial charge in [-0.25, -0.2) is 9.97 Å². The molecule has 0 saturated heterocycles. The van der Waals surface area contributed by atoms with Crippen molar-refractivity contribution in [3.8, 4) is 0 Å². The molecular formula is C17H20N4O2. The maximum Gasteiger partial charge on any atom is 0.270 e. The van der Waals surface area contributed by atoms with Crippen LogP contribution in [0, 0.1) is 5.92 Å². The fourth-order valence-corrected chi connectivity index (χ4v) is 1.90. The summed E-state index contributed by atoms with van der Waals surface area (Å²) < 4.78 is 0. The first-order valence-electron chi connectivity index (χ1n) is 7.44. The molecule has 2 rings (SSSR count). The number of nitrogens with one attached hydrogen (secondary N) is 2. The highest BCUT2D eigenvalue weighted by atomic mass is 16.1. The van der Waals surface area contributed by atoms with Crippen LogP contribution in [0.2, 0.25) is 0 Å². The van der Waals surface area contributed by atoms with Crippen molar-refractivity contribution in [2.24, 2.45) is 5.92 Å². The van der Waals surface area contributed by atoms with Gasteiger partial charge in [0.1, 0.15) is 17.8 Å². The first-order valence-corrected chi connectivity index (χ1v) is 7.44. The fourth-order valence-electron chi connectivity index (χ4n) is 1.90. The van der Waals surface area contributed by atoms with Crippen LogP contribution in [-0.4, -0.2) is 28.2 Å². The standard InChI is InChI=1S/C17H20N4O2/c1-11(2)9-18-17(23)15-8-16(20-10-19-15)21-14-6-4-5-13(7-14)12(3)22/h4-8,10-11H,9H2,1-3H3,(H,18,23)(H,19,20,21). The van der Waals surface area contributed by atoms with Gasteiger partial charge in [-0.05, 0) is 25.0 Å². The number of hydrogen-bond donors (Lipinski definition) is 2. The number of Topliss-reactive ketones (excluding diaryl/α,β-unsaturated/α-hetero) is 1. The minimum Gasteiger partial charge on any atom is -0.350 e. The van der Waals surface area contributed by atoms with Gasteiger partial charge in [0, 0.05) is 23.9 Å². The molecule has 6 heteroatoms. The zero-order valence-electron chi connectivity index (χ0n) is 13.5. The Labute approximate surface area is 135 Å². The van der Waals surface area contributed by atoms with E-state index in [9.17, 15) is 9.59 Å². The molecule has 2 N–H and O–H groups in total. The van der Waals surface area contributed by atoms with Gasteiger partial charge in [0.25, 0.3) is 5.91 Å². The summed E-state index contributed by atoms with van der Waals surface area (Å²) in [5, 5.41) is 5.89. The van der Waals surface area contributed by atoms with E-state index in [1.807, 2.05) is 19.9 Å². The van der Waals surface area contributed by atoms with E-state index in [0.29, 0.717) is 29.5 Å². The molecule has 6 nitrogen and oxygen atoms in total. The molecule has 0 spiro atoms. The maximum absolute atomic E-state index is 12.0. The lowest BCUT2D eigenvalue weighted by Gasteiger charge is -2.09. The number of hydrogen-bond acceptors (Lipinski definition) is 5. The van der Waals surface area contributed by atoms with Crippen molar-refractivity contribution < 1.29 is 9.59 Å². The van der Waals surface area contributed by atoms with E-state index >= 15 is 0 Å². The summed E-state index contributed by atoms with van der Waals surface area (Å²) in [6, 6.07) is 8.68. The molecule has 120 valence electrons. The topological polar surface area (TPSA) is 84.0 Å². The van der Waals surface area contributed by atoms with Crippen molar-refractivity contribution in [1.29, 1.82) is 0 Å².